The van der Waals surface area contributed by atoms with E-state index < -0.39 is 24.8 Å². The number of likely N-dealkylation sites (tertiary alicyclic amines) is 1. The van der Waals surface area contributed by atoms with Crippen LogP contribution in [0, 0.1) is 24.7 Å². The van der Waals surface area contributed by atoms with Gasteiger partial charge in [0.2, 0.25) is 0 Å². The summed E-state index contributed by atoms with van der Waals surface area (Å²) in [6.07, 6.45) is 0.332. The molecule has 2 atom stereocenters. The zero-order chi connectivity index (χ0) is 29.1. The molecule has 38 heavy (non-hydrogen) atoms. The summed E-state index contributed by atoms with van der Waals surface area (Å²) < 4.78 is 75.3. The Kier molecular flexibility index (Phi) is 5.70. The number of alkyl halides is 3. The molecule has 10 heteroatoms. The topological polar surface area (TPSA) is 59.3 Å². The molecule has 6 rings (SSSR count). The second-order valence-corrected chi connectivity index (χ2v) is 11.2. The van der Waals surface area contributed by atoms with Crippen molar-refractivity contribution in [2.45, 2.75) is 44.8 Å². The van der Waals surface area contributed by atoms with Crippen LogP contribution in [0.5, 0.6) is 0 Å². The summed E-state index contributed by atoms with van der Waals surface area (Å²) >= 11 is 0. The lowest BCUT2D eigenvalue weighted by molar-refractivity contribution is -0.137. The molecule has 0 bridgehead atoms. The van der Waals surface area contributed by atoms with E-state index in [4.69, 9.17) is 8.85 Å². The van der Waals surface area contributed by atoms with Crippen molar-refractivity contribution in [3.63, 3.8) is 0 Å². The van der Waals surface area contributed by atoms with E-state index in [0.29, 0.717) is 41.7 Å². The fourth-order valence-electron chi connectivity index (χ4n) is 6.73. The number of halogens is 3. The Labute approximate surface area is 225 Å². The average Bonchev–Trinajstić information content (AvgIpc) is 3.57. The number of aryl methyl sites for hydroxylation is 2. The second-order valence-electron chi connectivity index (χ2n) is 11.2. The molecule has 0 N–H and O–H groups in total. The average molecular weight is 532 g/mol. The van der Waals surface area contributed by atoms with Crippen molar-refractivity contribution in [1.29, 1.82) is 0 Å². The van der Waals surface area contributed by atoms with Crippen molar-refractivity contribution in [3.05, 3.63) is 35.5 Å². The van der Waals surface area contributed by atoms with Gasteiger partial charge in [0.1, 0.15) is 5.69 Å². The minimum absolute atomic E-state index is 0.259. The summed E-state index contributed by atoms with van der Waals surface area (Å²) in [5.41, 5.74) is 0.242. The van der Waals surface area contributed by atoms with E-state index in [1.807, 2.05) is 0 Å². The molecule has 2 aliphatic heterocycles. The summed E-state index contributed by atoms with van der Waals surface area (Å²) in [4.78, 5) is 3.58. The number of benzene rings is 1. The number of anilines is 1. The third-order valence-electron chi connectivity index (χ3n) is 8.69. The SMILES string of the molecule is [2H]C([2H])([2H])N(c1cc(C(F)(F)F)c(-c2ccc3nn(C)cc3c2C)nn1)C1CC2CN(CC3CCOCC3)CC2C1. The number of rotatable bonds is 5. The van der Waals surface area contributed by atoms with Gasteiger partial charge >= 0.3 is 6.18 Å². The van der Waals surface area contributed by atoms with Crippen LogP contribution in [0.25, 0.3) is 22.2 Å². The minimum Gasteiger partial charge on any atom is -0.381 e. The fraction of sp³-hybridized carbons (Fsp3) is 0.607. The monoisotopic (exact) mass is 531 g/mol. The van der Waals surface area contributed by atoms with Gasteiger partial charge in [0.25, 0.3) is 0 Å². The van der Waals surface area contributed by atoms with Gasteiger partial charge in [0.05, 0.1) is 11.1 Å². The van der Waals surface area contributed by atoms with Crippen LogP contribution in [0.15, 0.2) is 24.4 Å². The molecule has 0 spiro atoms. The molecule has 3 fully saturated rings. The summed E-state index contributed by atoms with van der Waals surface area (Å²) in [6, 6.07) is 3.66. The van der Waals surface area contributed by atoms with E-state index in [0.717, 1.165) is 62.0 Å². The van der Waals surface area contributed by atoms with Crippen LogP contribution in [-0.2, 0) is 18.0 Å². The highest BCUT2D eigenvalue weighted by Gasteiger charge is 2.43. The first kappa shape index (κ1) is 22.1. The van der Waals surface area contributed by atoms with Gasteiger partial charge in [0.15, 0.2) is 5.82 Å². The zero-order valence-corrected chi connectivity index (χ0v) is 21.7. The highest BCUT2D eigenvalue weighted by atomic mass is 19.4. The quantitative estimate of drug-likeness (QED) is 0.465. The maximum atomic E-state index is 14.5. The summed E-state index contributed by atoms with van der Waals surface area (Å²) in [7, 11) is 1.75. The predicted molar refractivity (Wildman–Crippen MR) is 140 cm³/mol. The third-order valence-corrected chi connectivity index (χ3v) is 8.69. The Hall–Kier alpha value is -2.72. The van der Waals surface area contributed by atoms with E-state index in [9.17, 15) is 13.2 Å². The first-order chi connectivity index (χ1) is 19.4. The minimum atomic E-state index is -4.76. The lowest BCUT2D eigenvalue weighted by Gasteiger charge is -2.30. The standard InChI is InChI=1S/C28H35F3N6O/c1-17-22(4-5-25-23(17)16-35(2)34-25)27-24(28(29,30)31)12-26(32-33-27)36(3)21-10-19-14-37(15-20(19)11-21)13-18-6-8-38-9-7-18/h4-5,12,16,18-21H,6-11,13-15H2,1-3H3/i3D3. The van der Waals surface area contributed by atoms with Crippen LogP contribution < -0.4 is 4.90 Å². The zero-order valence-electron chi connectivity index (χ0n) is 24.7. The van der Waals surface area contributed by atoms with Gasteiger partial charge in [-0.3, -0.25) is 4.68 Å². The molecule has 204 valence electrons. The molecule has 2 aromatic heterocycles. The number of fused-ring (bicyclic) bond motifs is 2. The Morgan fingerprint density at radius 2 is 1.87 bits per heavy atom. The molecule has 2 saturated heterocycles. The molecule has 0 amide bonds. The second kappa shape index (κ2) is 9.79. The van der Waals surface area contributed by atoms with E-state index in [2.05, 4.69) is 20.2 Å². The molecule has 1 saturated carbocycles. The van der Waals surface area contributed by atoms with Crippen LogP contribution in [0.1, 0.15) is 40.9 Å². The number of ether oxygens (including phenoxy) is 1. The lowest BCUT2D eigenvalue weighted by atomic mass is 9.98. The van der Waals surface area contributed by atoms with E-state index in [1.54, 1.807) is 37.0 Å². The fourth-order valence-corrected chi connectivity index (χ4v) is 6.73. The maximum Gasteiger partial charge on any atom is 0.418 e. The van der Waals surface area contributed by atoms with Crippen molar-refractivity contribution in [2.75, 3.05) is 44.7 Å². The molecule has 1 aromatic carbocycles. The van der Waals surface area contributed by atoms with E-state index in [1.165, 1.54) is 0 Å². The first-order valence-corrected chi connectivity index (χ1v) is 13.4. The highest BCUT2D eigenvalue weighted by molar-refractivity contribution is 5.88. The van der Waals surface area contributed by atoms with E-state index in [-0.39, 0.29) is 17.1 Å². The molecule has 7 nitrogen and oxygen atoms in total. The number of hydrogen-bond donors (Lipinski definition) is 0. The number of aromatic nitrogens is 4. The third kappa shape index (κ3) is 4.77. The molecule has 3 aromatic rings. The van der Waals surface area contributed by atoms with Crippen LogP contribution >= 0.6 is 0 Å². The Morgan fingerprint density at radius 1 is 1.13 bits per heavy atom. The maximum absolute atomic E-state index is 14.5. The summed E-state index contributed by atoms with van der Waals surface area (Å²) in [5, 5.41) is 13.2. The van der Waals surface area contributed by atoms with Crippen molar-refractivity contribution < 1.29 is 22.0 Å². The molecule has 0 radical (unpaired) electrons. The molecular weight excluding hydrogens is 493 g/mol. The normalized spacial score (nSPS) is 26.3. The van der Waals surface area contributed by atoms with Crippen molar-refractivity contribution in [3.8, 4) is 11.3 Å². The van der Waals surface area contributed by atoms with Crippen LogP contribution in [0.4, 0.5) is 19.0 Å². The van der Waals surface area contributed by atoms with Crippen LogP contribution in [0.2, 0.25) is 0 Å². The van der Waals surface area contributed by atoms with Gasteiger partial charge in [-0.25, -0.2) is 0 Å². The van der Waals surface area contributed by atoms with Crippen molar-refractivity contribution in [2.24, 2.45) is 24.8 Å². The molecular formula is C28H35F3N6O. The summed E-state index contributed by atoms with van der Waals surface area (Å²) in [5.74, 6) is 0.986. The highest BCUT2D eigenvalue weighted by Crippen LogP contribution is 2.43. The van der Waals surface area contributed by atoms with Gasteiger partial charge in [0, 0.05) is 74.2 Å². The predicted octanol–water partition coefficient (Wildman–Crippen LogP) is 4.93. The van der Waals surface area contributed by atoms with Crippen LogP contribution in [-0.4, -0.2) is 70.7 Å². The number of hydrogen-bond acceptors (Lipinski definition) is 6. The van der Waals surface area contributed by atoms with Gasteiger partial charge in [-0.05, 0) is 68.1 Å². The molecule has 1 aliphatic carbocycles. The van der Waals surface area contributed by atoms with Gasteiger partial charge in [-0.1, -0.05) is 6.07 Å². The molecule has 4 heterocycles. The summed E-state index contributed by atoms with van der Waals surface area (Å²) in [6.45, 7) is 3.48. The lowest BCUT2D eigenvalue weighted by Crippen LogP contribution is -2.35. The number of nitrogens with zero attached hydrogens (tertiary/aromatic N) is 6. The van der Waals surface area contributed by atoms with Gasteiger partial charge in [-0.15, -0.1) is 10.2 Å². The van der Waals surface area contributed by atoms with Crippen LogP contribution in [0.3, 0.4) is 0 Å². The van der Waals surface area contributed by atoms with Crippen molar-refractivity contribution in [1.82, 2.24) is 24.9 Å². The van der Waals surface area contributed by atoms with Gasteiger partial charge < -0.3 is 14.5 Å². The van der Waals surface area contributed by atoms with E-state index >= 15 is 0 Å². The molecule has 2 unspecified atom stereocenters. The Bertz CT molecular complexity index is 1410. The smallest absolute Gasteiger partial charge is 0.381 e. The van der Waals surface area contributed by atoms with Gasteiger partial charge in [-0.2, -0.15) is 18.3 Å². The Morgan fingerprint density at radius 3 is 2.55 bits per heavy atom. The molecule has 3 aliphatic rings. The largest absolute Gasteiger partial charge is 0.418 e. The first-order valence-electron chi connectivity index (χ1n) is 14.9. The Balaban J connectivity index is 1.28. The van der Waals surface area contributed by atoms with Crippen molar-refractivity contribution >= 4 is 16.7 Å².